The van der Waals surface area contributed by atoms with Crippen LogP contribution in [0.4, 0.5) is 0 Å². The van der Waals surface area contributed by atoms with Crippen LogP contribution in [0.2, 0.25) is 0 Å². The first kappa shape index (κ1) is 14.8. The van der Waals surface area contributed by atoms with Crippen molar-refractivity contribution in [2.45, 2.75) is 77.3 Å². The Morgan fingerprint density at radius 2 is 1.95 bits per heavy atom. The van der Waals surface area contributed by atoms with Crippen molar-refractivity contribution in [3.05, 3.63) is 0 Å². The van der Waals surface area contributed by atoms with Gasteiger partial charge in [0.05, 0.1) is 0 Å². The molecule has 2 heteroatoms. The number of nitrogens with zero attached hydrogens (tertiary/aromatic N) is 1. The lowest BCUT2D eigenvalue weighted by molar-refractivity contribution is 0.140. The van der Waals surface area contributed by atoms with E-state index in [-0.39, 0.29) is 0 Å². The fourth-order valence-corrected chi connectivity index (χ4v) is 5.40. The molecule has 0 aromatic carbocycles. The zero-order chi connectivity index (χ0) is 13.9. The molecule has 2 heterocycles. The average Bonchev–Trinajstić information content (AvgIpc) is 2.94. The van der Waals surface area contributed by atoms with E-state index in [1.54, 1.807) is 0 Å². The molecule has 3 rings (SSSR count). The zero-order valence-electron chi connectivity index (χ0n) is 13.6. The Balaban J connectivity index is 1.61. The third-order valence-electron chi connectivity index (χ3n) is 6.40. The van der Waals surface area contributed by atoms with Gasteiger partial charge in [0.2, 0.25) is 0 Å². The quantitative estimate of drug-likeness (QED) is 0.789. The highest BCUT2D eigenvalue weighted by Gasteiger charge is 2.45. The summed E-state index contributed by atoms with van der Waals surface area (Å²) in [5.74, 6) is 2.94. The molecule has 1 saturated carbocycles. The summed E-state index contributed by atoms with van der Waals surface area (Å²) >= 11 is 0. The van der Waals surface area contributed by atoms with Crippen LogP contribution in [0, 0.1) is 17.8 Å². The maximum Gasteiger partial charge on any atom is 0.0140 e. The molecular formula is C18H34N2. The Morgan fingerprint density at radius 3 is 2.75 bits per heavy atom. The first-order valence-corrected chi connectivity index (χ1v) is 9.29. The van der Waals surface area contributed by atoms with Crippen molar-refractivity contribution < 1.29 is 0 Å². The van der Waals surface area contributed by atoms with Gasteiger partial charge in [0.25, 0.3) is 0 Å². The molecular weight excluding hydrogens is 244 g/mol. The van der Waals surface area contributed by atoms with Crippen molar-refractivity contribution in [3.63, 3.8) is 0 Å². The predicted molar refractivity (Wildman–Crippen MR) is 85.9 cm³/mol. The van der Waals surface area contributed by atoms with Crippen LogP contribution in [-0.2, 0) is 0 Å². The van der Waals surface area contributed by atoms with Crippen molar-refractivity contribution in [2.24, 2.45) is 17.8 Å². The summed E-state index contributed by atoms with van der Waals surface area (Å²) in [7, 11) is 0. The van der Waals surface area contributed by atoms with E-state index < -0.39 is 0 Å². The summed E-state index contributed by atoms with van der Waals surface area (Å²) in [5, 5.41) is 3.62. The molecule has 0 radical (unpaired) electrons. The van der Waals surface area contributed by atoms with Gasteiger partial charge in [-0.05, 0) is 56.5 Å². The molecule has 1 aliphatic carbocycles. The van der Waals surface area contributed by atoms with E-state index in [4.69, 9.17) is 0 Å². The van der Waals surface area contributed by atoms with Crippen LogP contribution in [0.3, 0.4) is 0 Å². The smallest absolute Gasteiger partial charge is 0.0140 e. The van der Waals surface area contributed by atoms with Crippen molar-refractivity contribution in [2.75, 3.05) is 19.6 Å². The van der Waals surface area contributed by atoms with Gasteiger partial charge in [-0.25, -0.2) is 0 Å². The Labute approximate surface area is 125 Å². The first-order valence-electron chi connectivity index (χ1n) is 9.29. The maximum absolute atomic E-state index is 3.62. The molecule has 3 fully saturated rings. The second-order valence-electron chi connectivity index (χ2n) is 7.57. The van der Waals surface area contributed by atoms with Gasteiger partial charge in [-0.15, -0.1) is 0 Å². The molecule has 5 atom stereocenters. The SMILES string of the molecule is CCCC1CCCC(N2CC3CNCC3C2CC)CC1. The Morgan fingerprint density at radius 1 is 1.05 bits per heavy atom. The first-order chi connectivity index (χ1) is 9.83. The number of likely N-dealkylation sites (tertiary alicyclic amines) is 1. The summed E-state index contributed by atoms with van der Waals surface area (Å²) in [6.45, 7) is 8.71. The third kappa shape index (κ3) is 2.92. The van der Waals surface area contributed by atoms with Crippen LogP contribution in [0.15, 0.2) is 0 Å². The fraction of sp³-hybridized carbons (Fsp3) is 1.00. The molecule has 2 nitrogen and oxygen atoms in total. The van der Waals surface area contributed by atoms with E-state index in [1.165, 1.54) is 71.0 Å². The highest BCUT2D eigenvalue weighted by atomic mass is 15.2. The lowest BCUT2D eigenvalue weighted by Crippen LogP contribution is -2.42. The molecule has 0 aromatic rings. The molecule has 0 spiro atoms. The number of rotatable bonds is 4. The van der Waals surface area contributed by atoms with Gasteiger partial charge in [0.15, 0.2) is 0 Å². The zero-order valence-corrected chi connectivity index (χ0v) is 13.6. The number of fused-ring (bicyclic) bond motifs is 1. The number of hydrogen-bond donors (Lipinski definition) is 1. The van der Waals surface area contributed by atoms with Crippen molar-refractivity contribution >= 4 is 0 Å². The normalized spacial score (nSPS) is 42.6. The van der Waals surface area contributed by atoms with Crippen molar-refractivity contribution in [1.29, 1.82) is 0 Å². The fourth-order valence-electron chi connectivity index (χ4n) is 5.40. The van der Waals surface area contributed by atoms with Gasteiger partial charge in [-0.3, -0.25) is 4.90 Å². The molecule has 1 N–H and O–H groups in total. The van der Waals surface area contributed by atoms with Gasteiger partial charge in [0, 0.05) is 18.6 Å². The molecule has 2 aliphatic heterocycles. The minimum Gasteiger partial charge on any atom is -0.316 e. The van der Waals surface area contributed by atoms with Gasteiger partial charge >= 0.3 is 0 Å². The summed E-state index contributed by atoms with van der Waals surface area (Å²) in [4.78, 5) is 2.95. The topological polar surface area (TPSA) is 15.3 Å². The summed E-state index contributed by atoms with van der Waals surface area (Å²) in [6.07, 6.45) is 11.7. The molecule has 116 valence electrons. The van der Waals surface area contributed by atoms with E-state index in [0.717, 1.165) is 29.8 Å². The minimum absolute atomic E-state index is 0.878. The van der Waals surface area contributed by atoms with E-state index in [1.807, 2.05) is 0 Å². The molecule has 0 aromatic heterocycles. The molecule has 0 amide bonds. The van der Waals surface area contributed by atoms with Crippen LogP contribution in [0.1, 0.15) is 65.2 Å². The van der Waals surface area contributed by atoms with Crippen LogP contribution in [0.5, 0.6) is 0 Å². The highest BCUT2D eigenvalue weighted by molar-refractivity contribution is 5.00. The second-order valence-corrected chi connectivity index (χ2v) is 7.57. The Bertz CT molecular complexity index is 304. The van der Waals surface area contributed by atoms with E-state index in [0.29, 0.717) is 0 Å². The molecule has 0 bridgehead atoms. The second kappa shape index (κ2) is 6.79. The maximum atomic E-state index is 3.62. The number of hydrogen-bond acceptors (Lipinski definition) is 2. The molecule has 2 saturated heterocycles. The minimum atomic E-state index is 0.878. The van der Waals surface area contributed by atoms with Crippen LogP contribution < -0.4 is 5.32 Å². The van der Waals surface area contributed by atoms with Gasteiger partial charge in [-0.2, -0.15) is 0 Å². The summed E-state index contributed by atoms with van der Waals surface area (Å²) < 4.78 is 0. The van der Waals surface area contributed by atoms with Crippen molar-refractivity contribution in [3.8, 4) is 0 Å². The standard InChI is InChI=1S/C18H34N2/c1-3-6-14-7-5-8-16(10-9-14)20-13-15-11-19-12-17(15)18(20)4-2/h14-19H,3-13H2,1-2H3. The molecule has 20 heavy (non-hydrogen) atoms. The predicted octanol–water partition coefficient (Wildman–Crippen LogP) is 3.67. The van der Waals surface area contributed by atoms with Crippen molar-refractivity contribution in [1.82, 2.24) is 10.2 Å². The third-order valence-corrected chi connectivity index (χ3v) is 6.40. The van der Waals surface area contributed by atoms with Crippen LogP contribution >= 0.6 is 0 Å². The van der Waals surface area contributed by atoms with Gasteiger partial charge in [-0.1, -0.05) is 39.5 Å². The Kier molecular flexibility index (Phi) is 5.04. The van der Waals surface area contributed by atoms with E-state index in [9.17, 15) is 0 Å². The van der Waals surface area contributed by atoms with Crippen LogP contribution in [-0.4, -0.2) is 36.6 Å². The lowest BCUT2D eigenvalue weighted by atomic mass is 9.92. The molecule has 3 aliphatic rings. The molecule has 5 unspecified atom stereocenters. The summed E-state index contributed by atoms with van der Waals surface area (Å²) in [5.41, 5.74) is 0. The lowest BCUT2D eigenvalue weighted by Gasteiger charge is -2.34. The Hall–Kier alpha value is -0.0800. The van der Waals surface area contributed by atoms with E-state index >= 15 is 0 Å². The van der Waals surface area contributed by atoms with Gasteiger partial charge in [0.1, 0.15) is 0 Å². The monoisotopic (exact) mass is 278 g/mol. The number of nitrogens with one attached hydrogen (secondary N) is 1. The van der Waals surface area contributed by atoms with E-state index in [2.05, 4.69) is 24.1 Å². The summed E-state index contributed by atoms with van der Waals surface area (Å²) in [6, 6.07) is 1.79. The van der Waals surface area contributed by atoms with Crippen LogP contribution in [0.25, 0.3) is 0 Å². The largest absolute Gasteiger partial charge is 0.316 e. The highest BCUT2D eigenvalue weighted by Crippen LogP contribution is 2.39. The van der Waals surface area contributed by atoms with Gasteiger partial charge < -0.3 is 5.32 Å². The average molecular weight is 278 g/mol.